The van der Waals surface area contributed by atoms with Crippen molar-refractivity contribution in [1.29, 1.82) is 5.26 Å². The van der Waals surface area contributed by atoms with Crippen molar-refractivity contribution in [3.05, 3.63) is 50.8 Å². The molecule has 0 N–H and O–H groups in total. The minimum absolute atomic E-state index is 0.0782. The minimum atomic E-state index is -3.75. The van der Waals surface area contributed by atoms with E-state index in [-0.39, 0.29) is 10.8 Å². The maximum absolute atomic E-state index is 13.2. The lowest BCUT2D eigenvalue weighted by atomic mass is 9.98. The number of rotatable bonds is 3. The zero-order valence-electron chi connectivity index (χ0n) is 14.7. The molecule has 1 aliphatic heterocycles. The van der Waals surface area contributed by atoms with Gasteiger partial charge < -0.3 is 4.90 Å². The molecule has 0 unspecified atom stereocenters. The van der Waals surface area contributed by atoms with Crippen LogP contribution in [0.15, 0.2) is 52.1 Å². The Balaban J connectivity index is 1.87. The van der Waals surface area contributed by atoms with E-state index in [1.54, 1.807) is 42.7 Å². The summed E-state index contributed by atoms with van der Waals surface area (Å²) in [4.78, 5) is 6.87. The zero-order chi connectivity index (χ0) is 19.9. The molecule has 0 amide bonds. The van der Waals surface area contributed by atoms with Gasteiger partial charge in [0.05, 0.1) is 26.5 Å². The van der Waals surface area contributed by atoms with Gasteiger partial charge in [-0.2, -0.15) is 5.26 Å². The van der Waals surface area contributed by atoms with Crippen LogP contribution in [0.2, 0.25) is 0 Å². The van der Waals surface area contributed by atoms with Crippen molar-refractivity contribution in [3.63, 3.8) is 0 Å². The molecule has 1 aliphatic rings. The van der Waals surface area contributed by atoms with Crippen LogP contribution in [0.3, 0.4) is 0 Å². The summed E-state index contributed by atoms with van der Waals surface area (Å²) in [5.41, 5.74) is 1.35. The first-order valence-corrected chi connectivity index (χ1v) is 12.0. The van der Waals surface area contributed by atoms with Crippen LogP contribution in [0, 0.1) is 20.8 Å². The Labute approximate surface area is 185 Å². The van der Waals surface area contributed by atoms with E-state index in [0.29, 0.717) is 5.65 Å². The lowest BCUT2D eigenvalue weighted by molar-refractivity contribution is 0.488. The van der Waals surface area contributed by atoms with Crippen molar-refractivity contribution >= 4 is 65.3 Å². The van der Waals surface area contributed by atoms with Crippen LogP contribution in [0.25, 0.3) is 11.0 Å². The third-order valence-electron chi connectivity index (χ3n) is 4.96. The highest BCUT2D eigenvalue weighted by Gasteiger charge is 2.27. The maximum atomic E-state index is 13.2. The highest BCUT2D eigenvalue weighted by molar-refractivity contribution is 14.1. The summed E-state index contributed by atoms with van der Waals surface area (Å²) < 4.78 is 29.2. The molecular weight excluding hydrogens is 555 g/mol. The van der Waals surface area contributed by atoms with E-state index < -0.39 is 10.0 Å². The molecule has 144 valence electrons. The maximum Gasteiger partial charge on any atom is 0.269 e. The first kappa shape index (κ1) is 19.7. The molecular formula is C19H16BrIN4O2S. The largest absolute Gasteiger partial charge is 0.370 e. The molecule has 3 aromatic rings. The van der Waals surface area contributed by atoms with Gasteiger partial charge >= 0.3 is 0 Å². The molecule has 0 saturated carbocycles. The predicted octanol–water partition coefficient (Wildman–Crippen LogP) is 4.38. The second-order valence-electron chi connectivity index (χ2n) is 6.63. The van der Waals surface area contributed by atoms with Gasteiger partial charge in [-0.1, -0.05) is 18.2 Å². The molecule has 4 rings (SSSR count). The summed E-state index contributed by atoms with van der Waals surface area (Å²) >= 11 is 5.76. The van der Waals surface area contributed by atoms with Gasteiger partial charge in [-0.05, 0) is 63.5 Å². The Morgan fingerprint density at radius 1 is 1.21 bits per heavy atom. The second-order valence-corrected chi connectivity index (χ2v) is 10.5. The van der Waals surface area contributed by atoms with E-state index in [1.165, 1.54) is 3.97 Å². The Kier molecular flexibility index (Phi) is 5.37. The van der Waals surface area contributed by atoms with Gasteiger partial charge in [0.2, 0.25) is 0 Å². The zero-order valence-corrected chi connectivity index (χ0v) is 19.3. The van der Waals surface area contributed by atoms with Gasteiger partial charge in [0, 0.05) is 35.0 Å². The van der Waals surface area contributed by atoms with Crippen molar-refractivity contribution in [2.45, 2.75) is 17.7 Å². The molecule has 1 saturated heterocycles. The summed E-state index contributed by atoms with van der Waals surface area (Å²) in [6.07, 6.45) is 4.87. The molecule has 0 bridgehead atoms. The highest BCUT2D eigenvalue weighted by atomic mass is 127. The average molecular weight is 571 g/mol. The number of nitrogens with zero attached hydrogens (tertiary/aromatic N) is 4. The number of fused-ring (bicyclic) bond motifs is 1. The molecule has 1 fully saturated rings. The number of halogens is 2. The van der Waals surface area contributed by atoms with Crippen molar-refractivity contribution in [2.24, 2.45) is 5.92 Å². The number of anilines is 1. The monoisotopic (exact) mass is 570 g/mol. The highest BCUT2D eigenvalue weighted by Crippen LogP contribution is 2.39. The Bertz CT molecular complexity index is 1180. The van der Waals surface area contributed by atoms with E-state index in [2.05, 4.69) is 54.5 Å². The lowest BCUT2D eigenvalue weighted by Crippen LogP contribution is -2.33. The van der Waals surface area contributed by atoms with Crippen LogP contribution in [-0.2, 0) is 10.0 Å². The van der Waals surface area contributed by atoms with E-state index in [9.17, 15) is 8.42 Å². The SMILES string of the molecule is N#CC1CCN(c2c(Br)cnc3c2c(I)cn3S(=O)(=O)c2ccccc2)CC1. The fourth-order valence-corrected chi connectivity index (χ4v) is 6.37. The van der Waals surface area contributed by atoms with Crippen LogP contribution in [0.1, 0.15) is 12.8 Å². The predicted molar refractivity (Wildman–Crippen MR) is 120 cm³/mol. The summed E-state index contributed by atoms with van der Waals surface area (Å²) in [5.74, 6) is 0.0782. The molecule has 0 spiro atoms. The number of aromatic nitrogens is 2. The summed E-state index contributed by atoms with van der Waals surface area (Å²) in [6, 6.07) is 10.7. The summed E-state index contributed by atoms with van der Waals surface area (Å²) in [6.45, 7) is 1.51. The lowest BCUT2D eigenvalue weighted by Gasteiger charge is -2.32. The van der Waals surface area contributed by atoms with Gasteiger partial charge in [0.25, 0.3) is 10.0 Å². The number of nitriles is 1. The topological polar surface area (TPSA) is 79.0 Å². The average Bonchev–Trinajstić information content (AvgIpc) is 3.06. The second kappa shape index (κ2) is 7.65. The minimum Gasteiger partial charge on any atom is -0.370 e. The van der Waals surface area contributed by atoms with Crippen LogP contribution in [0.4, 0.5) is 5.69 Å². The number of hydrogen-bond donors (Lipinski definition) is 0. The number of pyridine rings is 1. The fraction of sp³-hybridized carbons (Fsp3) is 0.263. The molecule has 2 aromatic heterocycles. The van der Waals surface area contributed by atoms with Gasteiger partial charge in [0.15, 0.2) is 5.65 Å². The van der Waals surface area contributed by atoms with Crippen molar-refractivity contribution in [3.8, 4) is 6.07 Å². The Morgan fingerprint density at radius 2 is 1.89 bits per heavy atom. The first-order chi connectivity index (χ1) is 13.4. The molecule has 0 atom stereocenters. The van der Waals surface area contributed by atoms with Gasteiger partial charge in [-0.3, -0.25) is 0 Å². The smallest absolute Gasteiger partial charge is 0.269 e. The van der Waals surface area contributed by atoms with Crippen LogP contribution >= 0.6 is 38.5 Å². The number of hydrogen-bond acceptors (Lipinski definition) is 5. The van der Waals surface area contributed by atoms with E-state index in [1.807, 2.05) is 0 Å². The Morgan fingerprint density at radius 3 is 2.54 bits per heavy atom. The molecule has 0 aliphatic carbocycles. The Hall–Kier alpha value is -1.64. The van der Waals surface area contributed by atoms with E-state index >= 15 is 0 Å². The fourth-order valence-electron chi connectivity index (χ4n) is 3.52. The third kappa shape index (κ3) is 3.31. The normalized spacial score (nSPS) is 15.7. The van der Waals surface area contributed by atoms with Crippen molar-refractivity contribution < 1.29 is 8.42 Å². The number of benzene rings is 1. The van der Waals surface area contributed by atoms with E-state index in [4.69, 9.17) is 5.26 Å². The molecule has 6 nitrogen and oxygen atoms in total. The van der Waals surface area contributed by atoms with Crippen molar-refractivity contribution in [1.82, 2.24) is 8.96 Å². The summed E-state index contributed by atoms with van der Waals surface area (Å²) in [7, 11) is -3.75. The third-order valence-corrected chi connectivity index (χ3v) is 8.02. The molecule has 3 heterocycles. The van der Waals surface area contributed by atoms with Crippen LogP contribution in [-0.4, -0.2) is 30.5 Å². The number of piperidine rings is 1. The molecule has 9 heteroatoms. The van der Waals surface area contributed by atoms with Gasteiger partial charge in [-0.25, -0.2) is 17.4 Å². The molecule has 28 heavy (non-hydrogen) atoms. The molecule has 0 radical (unpaired) electrons. The van der Waals surface area contributed by atoms with Crippen molar-refractivity contribution in [2.75, 3.05) is 18.0 Å². The van der Waals surface area contributed by atoms with Gasteiger partial charge in [-0.15, -0.1) is 0 Å². The quantitative estimate of drug-likeness (QED) is 0.437. The summed E-state index contributed by atoms with van der Waals surface area (Å²) in [5, 5.41) is 9.97. The first-order valence-electron chi connectivity index (χ1n) is 8.73. The standard InChI is InChI=1S/C19H16BrIN4O2S/c20-15-11-23-19-17(18(15)24-8-6-13(10-22)7-9-24)16(21)12-25(19)28(26,27)14-4-2-1-3-5-14/h1-5,11-13H,6-9H2. The van der Waals surface area contributed by atoms with E-state index in [0.717, 1.165) is 45.0 Å². The van der Waals surface area contributed by atoms with Crippen LogP contribution in [0.5, 0.6) is 0 Å². The molecule has 1 aromatic carbocycles. The van der Waals surface area contributed by atoms with Gasteiger partial charge in [0.1, 0.15) is 0 Å². The van der Waals surface area contributed by atoms with Crippen LogP contribution < -0.4 is 4.90 Å².